The minimum absolute atomic E-state index is 0.0452. The summed E-state index contributed by atoms with van der Waals surface area (Å²) in [6.07, 6.45) is -1.51. The van der Waals surface area contributed by atoms with Crippen LogP contribution >= 0.6 is 0 Å². The van der Waals surface area contributed by atoms with Crippen molar-refractivity contribution in [2.45, 2.75) is 197 Å². The molecule has 8 rings (SSSR count). The third kappa shape index (κ3) is 6.95. The van der Waals surface area contributed by atoms with E-state index in [2.05, 4.69) is 6.92 Å². The van der Waals surface area contributed by atoms with Gasteiger partial charge >= 0.3 is 5.97 Å². The van der Waals surface area contributed by atoms with Gasteiger partial charge in [0.05, 0.1) is 54.4 Å². The molecule has 3 saturated heterocycles. The molecule has 7 fully saturated rings. The Balaban J connectivity index is 0.837. The molecule has 0 aromatic rings. The monoisotopic (exact) mass is 780 g/mol. The van der Waals surface area contributed by atoms with Gasteiger partial charge in [-0.25, -0.2) is 4.79 Å². The molecule has 0 amide bonds. The number of rotatable bonds is 7. The van der Waals surface area contributed by atoms with Crippen LogP contribution in [0.3, 0.4) is 0 Å². The zero-order chi connectivity index (χ0) is 39.2. The Labute approximate surface area is 323 Å². The molecular formula is C41H64O14. The normalized spacial score (nSPS) is 55.5. The molecule has 312 valence electrons. The van der Waals surface area contributed by atoms with Gasteiger partial charge < -0.3 is 63.8 Å². The molecule has 6 N–H and O–H groups in total. The van der Waals surface area contributed by atoms with E-state index >= 15 is 0 Å². The second-order valence-electron chi connectivity index (χ2n) is 18.8. The summed E-state index contributed by atoms with van der Waals surface area (Å²) >= 11 is 0. The maximum absolute atomic E-state index is 12.6. The lowest BCUT2D eigenvalue weighted by Crippen LogP contribution is -2.67. The molecule has 4 aliphatic carbocycles. The van der Waals surface area contributed by atoms with Crippen LogP contribution in [-0.4, -0.2) is 135 Å². The van der Waals surface area contributed by atoms with Crippen LogP contribution in [0.5, 0.6) is 0 Å². The first kappa shape index (κ1) is 40.5. The van der Waals surface area contributed by atoms with Gasteiger partial charge in [-0.1, -0.05) is 13.8 Å². The van der Waals surface area contributed by atoms with Gasteiger partial charge in [0.1, 0.15) is 24.9 Å². The molecule has 0 radical (unpaired) electrons. The molecule has 55 heavy (non-hydrogen) atoms. The van der Waals surface area contributed by atoms with Crippen LogP contribution in [-0.2, 0) is 38.0 Å². The maximum Gasteiger partial charge on any atom is 0.331 e. The topological polar surface area (TPSA) is 203 Å². The van der Waals surface area contributed by atoms with Crippen molar-refractivity contribution in [1.29, 1.82) is 0 Å². The smallest absolute Gasteiger partial charge is 0.331 e. The van der Waals surface area contributed by atoms with Crippen molar-refractivity contribution >= 4 is 5.97 Å². The van der Waals surface area contributed by atoms with Crippen LogP contribution in [0, 0.1) is 34.5 Å². The average Bonchev–Trinajstić information content (AvgIpc) is 3.67. The van der Waals surface area contributed by atoms with Crippen molar-refractivity contribution < 1.29 is 68.6 Å². The van der Waals surface area contributed by atoms with Crippen LogP contribution in [0.15, 0.2) is 11.6 Å². The fraction of sp³-hybridized carbons (Fsp3) is 0.927. The van der Waals surface area contributed by atoms with Gasteiger partial charge in [0, 0.05) is 30.8 Å². The summed E-state index contributed by atoms with van der Waals surface area (Å²) in [4.78, 5) is 11.9. The zero-order valence-electron chi connectivity index (χ0n) is 32.9. The summed E-state index contributed by atoms with van der Waals surface area (Å²) in [5.41, 5.74) is -0.892. The van der Waals surface area contributed by atoms with E-state index in [0.29, 0.717) is 18.8 Å². The number of hydrogen-bond donors (Lipinski definition) is 6. The predicted octanol–water partition coefficient (Wildman–Crippen LogP) is 2.22. The number of fused-ring (bicyclic) bond motifs is 5. The summed E-state index contributed by atoms with van der Waals surface area (Å²) in [5.74, 6) is 0.204. The fourth-order valence-corrected chi connectivity index (χ4v) is 12.8. The molecule has 0 bridgehead atoms. The second-order valence-corrected chi connectivity index (χ2v) is 18.8. The number of carbonyl (C=O) groups excluding carboxylic acids is 1. The first-order valence-electron chi connectivity index (χ1n) is 20.9. The van der Waals surface area contributed by atoms with Crippen molar-refractivity contribution in [3.63, 3.8) is 0 Å². The number of cyclic esters (lactones) is 1. The van der Waals surface area contributed by atoms with E-state index in [1.54, 1.807) is 19.9 Å². The lowest BCUT2D eigenvalue weighted by Gasteiger charge is -2.65. The highest BCUT2D eigenvalue weighted by atomic mass is 16.7. The van der Waals surface area contributed by atoms with Crippen LogP contribution in [0.1, 0.15) is 105 Å². The van der Waals surface area contributed by atoms with Gasteiger partial charge in [-0.2, -0.15) is 0 Å². The van der Waals surface area contributed by atoms with Crippen molar-refractivity contribution in [3.05, 3.63) is 11.6 Å². The Kier molecular flexibility index (Phi) is 11.1. The summed E-state index contributed by atoms with van der Waals surface area (Å²) in [6, 6.07) is 0. The number of hydrogen-bond acceptors (Lipinski definition) is 14. The molecule has 21 atom stereocenters. The lowest BCUT2D eigenvalue weighted by atomic mass is 9.42. The average molecular weight is 781 g/mol. The molecular weight excluding hydrogens is 716 g/mol. The third-order valence-electron chi connectivity index (χ3n) is 16.0. The van der Waals surface area contributed by atoms with Crippen molar-refractivity contribution in [1.82, 2.24) is 0 Å². The number of esters is 1. The zero-order valence-corrected chi connectivity index (χ0v) is 32.9. The van der Waals surface area contributed by atoms with Crippen molar-refractivity contribution in [2.75, 3.05) is 6.61 Å². The van der Waals surface area contributed by atoms with E-state index in [1.807, 2.05) is 13.8 Å². The van der Waals surface area contributed by atoms with Crippen LogP contribution < -0.4 is 0 Å². The quantitative estimate of drug-likeness (QED) is 0.162. The standard InChI is InChI=1S/C41H64O14/c1-19-36(47)28(42)15-34(50-19)54-38-21(3)52-35(17-30(38)44)55-37-20(2)51-33(16-29(37)43)53-24-8-10-39(4)23(13-24)6-7-26-27(39)14-31(45)40(5)25(9-11-41(26,40)48)22-12-32(46)49-18-22/h12,19-21,23-31,33-38,42-45,47-48H,6-11,13-18H2,1-5H3/t19-,20-,21-,23-,24+,25-,26-,27+,28+,29+,30+,31-,33+,34?,35?,36-,37?,38?,39+,40+,41?/m1/s1. The fourth-order valence-electron chi connectivity index (χ4n) is 12.8. The highest BCUT2D eigenvalue weighted by Gasteiger charge is 2.71. The Hall–Kier alpha value is -1.27. The molecule has 14 nitrogen and oxygen atoms in total. The molecule has 4 aliphatic heterocycles. The molecule has 0 aromatic carbocycles. The number of carbonyl (C=O) groups is 1. The first-order valence-corrected chi connectivity index (χ1v) is 20.9. The van der Waals surface area contributed by atoms with Gasteiger partial charge in [0.25, 0.3) is 0 Å². The highest BCUT2D eigenvalue weighted by molar-refractivity contribution is 5.85. The summed E-state index contributed by atoms with van der Waals surface area (Å²) in [5, 5.41) is 66.9. The van der Waals surface area contributed by atoms with Crippen LogP contribution in [0.4, 0.5) is 0 Å². The van der Waals surface area contributed by atoms with Gasteiger partial charge in [-0.05, 0) is 107 Å². The Morgan fingerprint density at radius 3 is 1.87 bits per heavy atom. The van der Waals surface area contributed by atoms with Crippen LogP contribution in [0.25, 0.3) is 0 Å². The van der Waals surface area contributed by atoms with Crippen molar-refractivity contribution in [3.8, 4) is 0 Å². The van der Waals surface area contributed by atoms with E-state index in [4.69, 9.17) is 33.2 Å². The Bertz CT molecular complexity index is 1410. The molecule has 8 aliphatic rings. The van der Waals surface area contributed by atoms with Gasteiger partial charge in [-0.15, -0.1) is 0 Å². The minimum atomic E-state index is -1.01. The van der Waals surface area contributed by atoms with E-state index in [-0.39, 0.29) is 61.1 Å². The Morgan fingerprint density at radius 1 is 0.691 bits per heavy atom. The van der Waals surface area contributed by atoms with E-state index in [0.717, 1.165) is 44.1 Å². The largest absolute Gasteiger partial charge is 0.458 e. The molecule has 0 aromatic heterocycles. The van der Waals surface area contributed by atoms with E-state index in [1.165, 1.54) is 0 Å². The second kappa shape index (κ2) is 15.1. The molecule has 0 spiro atoms. The summed E-state index contributed by atoms with van der Waals surface area (Å²) in [7, 11) is 0. The van der Waals surface area contributed by atoms with Gasteiger partial charge in [0.15, 0.2) is 18.9 Å². The first-order chi connectivity index (χ1) is 26.0. The SMILES string of the molecule is C[C@H]1OC(OC2[C@@H](O)C[C@H](O[C@H]3CC[C@@]4(C)[C@H](CC[C@@H]5[C@@H]4C[C@@H](O)[C@]4(C)[C@@H](C6=CC(=O)OC6)CCC54O)C3)O[C@@H]2C)C[C@H](O)C1OC1C[C@H](O)[C@H](O)[C@@H](C)O1. The predicted molar refractivity (Wildman–Crippen MR) is 193 cm³/mol. The van der Waals surface area contributed by atoms with Gasteiger partial charge in [0.2, 0.25) is 0 Å². The van der Waals surface area contributed by atoms with E-state index < -0.39 is 90.9 Å². The molecule has 14 heteroatoms. The molecule has 5 unspecified atom stereocenters. The summed E-state index contributed by atoms with van der Waals surface area (Å²) in [6.45, 7) is 9.90. The number of ether oxygens (including phenoxy) is 7. The summed E-state index contributed by atoms with van der Waals surface area (Å²) < 4.78 is 42.1. The maximum atomic E-state index is 12.6. The third-order valence-corrected chi connectivity index (χ3v) is 16.0. The number of aliphatic hydroxyl groups excluding tert-OH is 5. The van der Waals surface area contributed by atoms with Crippen molar-refractivity contribution in [2.24, 2.45) is 34.5 Å². The Morgan fingerprint density at radius 2 is 1.29 bits per heavy atom. The van der Waals surface area contributed by atoms with Crippen LogP contribution in [0.2, 0.25) is 0 Å². The highest BCUT2D eigenvalue weighted by Crippen LogP contribution is 2.70. The molecule has 4 heterocycles. The number of aliphatic hydroxyl groups is 6. The lowest BCUT2D eigenvalue weighted by molar-refractivity contribution is -0.336. The minimum Gasteiger partial charge on any atom is -0.458 e. The van der Waals surface area contributed by atoms with Gasteiger partial charge in [-0.3, -0.25) is 0 Å². The van der Waals surface area contributed by atoms with E-state index in [9.17, 15) is 35.4 Å². The molecule has 4 saturated carbocycles.